The summed E-state index contributed by atoms with van der Waals surface area (Å²) in [4.78, 5) is 30.2. The SMILES string of the molecule is CC1(C)C=Cc2c(c(C(N)=O)cc3ccnc(N4CC5NC(=O)OC5C4)c23)O1. The number of hydrogen-bond donors (Lipinski definition) is 2. The highest BCUT2D eigenvalue weighted by Crippen LogP contribution is 2.42. The summed E-state index contributed by atoms with van der Waals surface area (Å²) in [6.45, 7) is 5.00. The standard InChI is InChI=1S/C20H20N4O4/c1-20(2)5-3-11-15-10(7-12(17(21)25)16(11)28-20)4-6-22-18(15)24-8-13-14(9-24)27-19(26)23-13/h3-7,13-14H,8-9H2,1-2H3,(H2,21,25)(H,23,26). The van der Waals surface area contributed by atoms with Crippen LogP contribution < -0.4 is 20.7 Å². The minimum atomic E-state index is -0.546. The van der Waals surface area contributed by atoms with Gasteiger partial charge < -0.3 is 25.4 Å². The summed E-state index contributed by atoms with van der Waals surface area (Å²) in [5.74, 6) is 0.713. The molecule has 3 N–H and O–H groups in total. The molecule has 2 aromatic rings. The highest BCUT2D eigenvalue weighted by molar-refractivity contribution is 6.08. The van der Waals surface area contributed by atoms with Crippen molar-refractivity contribution in [3.05, 3.63) is 35.5 Å². The average Bonchev–Trinajstić information content (AvgIpc) is 3.16. The maximum Gasteiger partial charge on any atom is 0.407 e. The largest absolute Gasteiger partial charge is 0.482 e. The quantitative estimate of drug-likeness (QED) is 0.823. The van der Waals surface area contributed by atoms with E-state index in [0.29, 0.717) is 24.4 Å². The number of primary amides is 1. The molecule has 1 aromatic carbocycles. The number of benzene rings is 1. The van der Waals surface area contributed by atoms with E-state index in [1.54, 1.807) is 12.3 Å². The van der Waals surface area contributed by atoms with E-state index < -0.39 is 11.5 Å². The van der Waals surface area contributed by atoms with E-state index in [2.05, 4.69) is 15.2 Å². The molecule has 0 radical (unpaired) electrons. The summed E-state index contributed by atoms with van der Waals surface area (Å²) in [5, 5.41) is 4.57. The van der Waals surface area contributed by atoms with E-state index in [0.717, 1.165) is 22.2 Å². The molecule has 2 fully saturated rings. The van der Waals surface area contributed by atoms with Crippen LogP contribution in [-0.4, -0.2) is 47.8 Å². The Hall–Kier alpha value is -3.29. The molecule has 2 atom stereocenters. The molecule has 144 valence electrons. The Morgan fingerprint density at radius 2 is 2.21 bits per heavy atom. The first-order chi connectivity index (χ1) is 13.3. The molecule has 2 saturated heterocycles. The summed E-state index contributed by atoms with van der Waals surface area (Å²) in [5.41, 5.74) is 6.22. The van der Waals surface area contributed by atoms with Gasteiger partial charge in [-0.15, -0.1) is 0 Å². The summed E-state index contributed by atoms with van der Waals surface area (Å²) in [6, 6.07) is 3.55. The molecule has 3 aliphatic rings. The lowest BCUT2D eigenvalue weighted by Gasteiger charge is -2.30. The van der Waals surface area contributed by atoms with Crippen LogP contribution >= 0.6 is 0 Å². The molecule has 4 heterocycles. The fourth-order valence-electron chi connectivity index (χ4n) is 4.14. The van der Waals surface area contributed by atoms with Gasteiger partial charge in [0.1, 0.15) is 23.3 Å². The number of aromatic nitrogens is 1. The molecule has 0 spiro atoms. The minimum Gasteiger partial charge on any atom is -0.482 e. The van der Waals surface area contributed by atoms with Crippen molar-refractivity contribution in [1.29, 1.82) is 0 Å². The van der Waals surface area contributed by atoms with Crippen LogP contribution in [0, 0.1) is 0 Å². The van der Waals surface area contributed by atoms with E-state index in [-0.39, 0.29) is 18.2 Å². The van der Waals surface area contributed by atoms with Crippen molar-refractivity contribution in [3.63, 3.8) is 0 Å². The fraction of sp³-hybridized carbons (Fsp3) is 0.350. The summed E-state index contributed by atoms with van der Waals surface area (Å²) in [6.07, 6.45) is 5.06. The van der Waals surface area contributed by atoms with Gasteiger partial charge in [0, 0.05) is 23.7 Å². The Balaban J connectivity index is 1.68. The number of amides is 2. The zero-order chi connectivity index (χ0) is 19.6. The van der Waals surface area contributed by atoms with Gasteiger partial charge in [0.15, 0.2) is 0 Å². The van der Waals surface area contributed by atoms with Gasteiger partial charge in [0.25, 0.3) is 5.91 Å². The van der Waals surface area contributed by atoms with Crippen molar-refractivity contribution in [3.8, 4) is 5.75 Å². The Bertz CT molecular complexity index is 1050. The second kappa shape index (κ2) is 5.60. The Morgan fingerprint density at radius 3 is 2.96 bits per heavy atom. The minimum absolute atomic E-state index is 0.0593. The summed E-state index contributed by atoms with van der Waals surface area (Å²) < 4.78 is 11.4. The smallest absolute Gasteiger partial charge is 0.407 e. The van der Waals surface area contributed by atoms with Gasteiger partial charge >= 0.3 is 6.09 Å². The molecule has 28 heavy (non-hydrogen) atoms. The number of rotatable bonds is 2. The van der Waals surface area contributed by atoms with E-state index in [4.69, 9.17) is 15.2 Å². The predicted molar refractivity (Wildman–Crippen MR) is 103 cm³/mol. The van der Waals surface area contributed by atoms with Crippen molar-refractivity contribution in [1.82, 2.24) is 10.3 Å². The first-order valence-electron chi connectivity index (χ1n) is 9.18. The number of nitrogens with one attached hydrogen (secondary N) is 1. The molecule has 0 bridgehead atoms. The van der Waals surface area contributed by atoms with Crippen molar-refractivity contribution in [2.24, 2.45) is 5.73 Å². The Morgan fingerprint density at radius 1 is 1.39 bits per heavy atom. The molecule has 8 nitrogen and oxygen atoms in total. The second-order valence-corrected chi connectivity index (χ2v) is 7.90. The van der Waals surface area contributed by atoms with Crippen LogP contribution in [-0.2, 0) is 4.74 Å². The monoisotopic (exact) mass is 380 g/mol. The van der Waals surface area contributed by atoms with Gasteiger partial charge in [-0.05, 0) is 37.4 Å². The molecule has 0 saturated carbocycles. The predicted octanol–water partition coefficient (Wildman–Crippen LogP) is 1.81. The van der Waals surface area contributed by atoms with Crippen molar-refractivity contribution >= 4 is 34.7 Å². The topological polar surface area (TPSA) is 107 Å². The van der Waals surface area contributed by atoms with Crippen LogP contribution in [0.2, 0.25) is 0 Å². The maximum absolute atomic E-state index is 12.1. The highest BCUT2D eigenvalue weighted by Gasteiger charge is 2.43. The van der Waals surface area contributed by atoms with Crippen LogP contribution in [0.15, 0.2) is 24.4 Å². The first kappa shape index (κ1) is 16.9. The van der Waals surface area contributed by atoms with Gasteiger partial charge in [0.05, 0.1) is 18.2 Å². The van der Waals surface area contributed by atoms with Crippen molar-refractivity contribution < 1.29 is 19.1 Å². The lowest BCUT2D eigenvalue weighted by atomic mass is 9.94. The molecule has 1 aromatic heterocycles. The lowest BCUT2D eigenvalue weighted by Crippen LogP contribution is -2.33. The number of anilines is 1. The number of alkyl carbamates (subject to hydrolysis) is 1. The van der Waals surface area contributed by atoms with E-state index in [1.807, 2.05) is 32.1 Å². The third-order valence-electron chi connectivity index (χ3n) is 5.43. The maximum atomic E-state index is 12.1. The van der Waals surface area contributed by atoms with Crippen LogP contribution in [0.3, 0.4) is 0 Å². The second-order valence-electron chi connectivity index (χ2n) is 7.90. The van der Waals surface area contributed by atoms with Crippen molar-refractivity contribution in [2.75, 3.05) is 18.0 Å². The van der Waals surface area contributed by atoms with Gasteiger partial charge in [-0.3, -0.25) is 4.79 Å². The molecule has 0 aliphatic carbocycles. The van der Waals surface area contributed by atoms with Gasteiger partial charge in [0.2, 0.25) is 0 Å². The Labute approximate surface area is 161 Å². The van der Waals surface area contributed by atoms with Crippen LogP contribution in [0.4, 0.5) is 10.6 Å². The van der Waals surface area contributed by atoms with Gasteiger partial charge in [-0.25, -0.2) is 9.78 Å². The van der Waals surface area contributed by atoms with E-state index >= 15 is 0 Å². The van der Waals surface area contributed by atoms with Gasteiger partial charge in [-0.1, -0.05) is 6.08 Å². The zero-order valence-corrected chi connectivity index (χ0v) is 15.6. The first-order valence-corrected chi connectivity index (χ1v) is 9.18. The normalized spacial score (nSPS) is 24.4. The van der Waals surface area contributed by atoms with Crippen molar-refractivity contribution in [2.45, 2.75) is 31.6 Å². The number of hydrogen-bond acceptors (Lipinski definition) is 6. The van der Waals surface area contributed by atoms with Gasteiger partial charge in [-0.2, -0.15) is 0 Å². The van der Waals surface area contributed by atoms with Crippen LogP contribution in [0.25, 0.3) is 16.8 Å². The Kier molecular flexibility index (Phi) is 3.37. The number of nitrogens with zero attached hydrogens (tertiary/aromatic N) is 2. The third kappa shape index (κ3) is 2.48. The van der Waals surface area contributed by atoms with E-state index in [9.17, 15) is 9.59 Å². The molecule has 2 unspecified atom stereocenters. The third-order valence-corrected chi connectivity index (χ3v) is 5.43. The number of ether oxygens (including phenoxy) is 2. The molecule has 5 rings (SSSR count). The number of carbonyl (C=O) groups is 2. The molecule has 2 amide bonds. The number of nitrogens with two attached hydrogens (primary N) is 1. The molecule has 3 aliphatic heterocycles. The molecular weight excluding hydrogens is 360 g/mol. The highest BCUT2D eigenvalue weighted by atomic mass is 16.6. The molecule has 8 heteroatoms. The van der Waals surface area contributed by atoms with Crippen LogP contribution in [0.1, 0.15) is 29.8 Å². The molecular formula is C20H20N4O4. The van der Waals surface area contributed by atoms with Crippen LogP contribution in [0.5, 0.6) is 5.75 Å². The van der Waals surface area contributed by atoms with E-state index in [1.165, 1.54) is 0 Å². The summed E-state index contributed by atoms with van der Waals surface area (Å²) >= 11 is 0. The number of pyridine rings is 1. The average molecular weight is 380 g/mol. The summed E-state index contributed by atoms with van der Waals surface area (Å²) in [7, 11) is 0. The zero-order valence-electron chi connectivity index (χ0n) is 15.6. The lowest BCUT2D eigenvalue weighted by molar-refractivity contribution is 0.0987. The number of fused-ring (bicyclic) bond motifs is 4. The number of carbonyl (C=O) groups excluding carboxylic acids is 2. The fourth-order valence-corrected chi connectivity index (χ4v) is 4.14.